The van der Waals surface area contributed by atoms with Gasteiger partial charge in [0, 0.05) is 17.5 Å². The number of carbonyl (C=O) groups is 1. The molecule has 2 rings (SSSR count). The normalized spacial score (nSPS) is 9.74. The third kappa shape index (κ3) is 3.95. The van der Waals surface area contributed by atoms with Crippen LogP contribution in [-0.2, 0) is 6.54 Å². The molecule has 0 aliphatic rings. The molecule has 1 amide bonds. The predicted molar refractivity (Wildman–Crippen MR) is 72.7 cm³/mol. The van der Waals surface area contributed by atoms with Gasteiger partial charge in [0.15, 0.2) is 0 Å². The summed E-state index contributed by atoms with van der Waals surface area (Å²) in [5.41, 5.74) is 0.513. The minimum Gasteiger partial charge on any atom is -0.395 e. The molecule has 0 aromatic carbocycles. The van der Waals surface area contributed by atoms with E-state index in [-0.39, 0.29) is 12.5 Å². The molecule has 2 aromatic heterocycles. The number of aliphatic hydroxyl groups excluding tert-OH is 1. The minimum absolute atomic E-state index is 0.0754. The smallest absolute Gasteiger partial charge is 0.254 e. The maximum atomic E-state index is 11.7. The lowest BCUT2D eigenvalue weighted by Crippen LogP contribution is -2.21. The Hall–Kier alpha value is -2.10. The molecular weight excluding hydrogens is 262 g/mol. The second kappa shape index (κ2) is 6.73. The maximum absolute atomic E-state index is 11.7. The largest absolute Gasteiger partial charge is 0.395 e. The third-order valence-electron chi connectivity index (χ3n) is 2.29. The zero-order valence-electron chi connectivity index (χ0n) is 10.1. The molecule has 0 spiro atoms. The standard InChI is InChI=1S/C13H13N3O2S/c17-6-2-1-3-11-4-5-12(19-11)9-14-13(18)10-7-15-16-8-10/h4-5,7-8,17H,2,6,9H2,(H,14,18)(H,15,16). The lowest BCUT2D eigenvalue weighted by atomic mass is 10.3. The van der Waals surface area contributed by atoms with Gasteiger partial charge < -0.3 is 10.4 Å². The summed E-state index contributed by atoms with van der Waals surface area (Å²) in [6.45, 7) is 0.544. The second-order valence-electron chi connectivity index (χ2n) is 3.71. The van der Waals surface area contributed by atoms with Crippen LogP contribution in [0.2, 0.25) is 0 Å². The molecule has 0 saturated heterocycles. The molecule has 5 nitrogen and oxygen atoms in total. The summed E-state index contributed by atoms with van der Waals surface area (Å²) in [5, 5.41) is 17.8. The number of carbonyl (C=O) groups excluding carboxylic acids is 1. The Kier molecular flexibility index (Phi) is 4.72. The van der Waals surface area contributed by atoms with Gasteiger partial charge in [0.25, 0.3) is 5.91 Å². The molecular formula is C13H13N3O2S. The summed E-state index contributed by atoms with van der Waals surface area (Å²) in [5.74, 6) is 5.67. The molecule has 0 aliphatic heterocycles. The van der Waals surface area contributed by atoms with E-state index in [2.05, 4.69) is 27.4 Å². The van der Waals surface area contributed by atoms with Gasteiger partial charge in [-0.3, -0.25) is 9.89 Å². The van der Waals surface area contributed by atoms with Crippen LogP contribution >= 0.6 is 11.3 Å². The Morgan fingerprint density at radius 1 is 1.53 bits per heavy atom. The summed E-state index contributed by atoms with van der Waals surface area (Å²) in [6, 6.07) is 3.84. The summed E-state index contributed by atoms with van der Waals surface area (Å²) in [7, 11) is 0. The predicted octanol–water partition coefficient (Wildman–Crippen LogP) is 1.14. The van der Waals surface area contributed by atoms with Crippen LogP contribution in [0.4, 0.5) is 0 Å². The van der Waals surface area contributed by atoms with E-state index in [4.69, 9.17) is 5.11 Å². The highest BCUT2D eigenvalue weighted by molar-refractivity contribution is 7.12. The number of nitrogens with zero attached hydrogens (tertiary/aromatic N) is 1. The van der Waals surface area contributed by atoms with Crippen molar-refractivity contribution in [2.75, 3.05) is 6.61 Å². The molecule has 0 radical (unpaired) electrons. The summed E-state index contributed by atoms with van der Waals surface area (Å²) >= 11 is 1.53. The van der Waals surface area contributed by atoms with E-state index in [9.17, 15) is 4.79 Å². The average Bonchev–Trinajstić information content (AvgIpc) is 3.08. The molecule has 0 atom stereocenters. The number of nitrogens with one attached hydrogen (secondary N) is 2. The second-order valence-corrected chi connectivity index (χ2v) is 4.88. The van der Waals surface area contributed by atoms with Crippen LogP contribution < -0.4 is 5.32 Å². The Labute approximate surface area is 114 Å². The number of amides is 1. The fourth-order valence-electron chi connectivity index (χ4n) is 1.39. The molecule has 0 saturated carbocycles. The van der Waals surface area contributed by atoms with Crippen LogP contribution in [0.5, 0.6) is 0 Å². The van der Waals surface area contributed by atoms with E-state index in [1.165, 1.54) is 17.5 Å². The van der Waals surface area contributed by atoms with E-state index >= 15 is 0 Å². The number of hydrogen-bond acceptors (Lipinski definition) is 4. The molecule has 0 unspecified atom stereocenters. The van der Waals surface area contributed by atoms with Gasteiger partial charge in [0.05, 0.1) is 29.8 Å². The van der Waals surface area contributed by atoms with Crippen molar-refractivity contribution in [2.24, 2.45) is 0 Å². The molecule has 19 heavy (non-hydrogen) atoms. The van der Waals surface area contributed by atoms with Crippen molar-refractivity contribution < 1.29 is 9.90 Å². The van der Waals surface area contributed by atoms with Crippen molar-refractivity contribution in [1.82, 2.24) is 15.5 Å². The SMILES string of the molecule is O=C(NCc1ccc(C#CCCO)s1)c1cn[nH]c1. The fourth-order valence-corrected chi connectivity index (χ4v) is 2.21. The number of aliphatic hydroxyl groups is 1. The fraction of sp³-hybridized carbons (Fsp3) is 0.231. The topological polar surface area (TPSA) is 78.0 Å². The van der Waals surface area contributed by atoms with Crippen molar-refractivity contribution in [3.63, 3.8) is 0 Å². The van der Waals surface area contributed by atoms with Crippen LogP contribution in [0.25, 0.3) is 0 Å². The van der Waals surface area contributed by atoms with Gasteiger partial charge in [0.1, 0.15) is 0 Å². The highest BCUT2D eigenvalue weighted by atomic mass is 32.1. The van der Waals surface area contributed by atoms with E-state index in [0.717, 1.165) is 9.75 Å². The first-order valence-electron chi connectivity index (χ1n) is 5.75. The highest BCUT2D eigenvalue weighted by Crippen LogP contribution is 2.15. The highest BCUT2D eigenvalue weighted by Gasteiger charge is 2.06. The molecule has 2 aromatic rings. The molecule has 0 bridgehead atoms. The van der Waals surface area contributed by atoms with Crippen molar-refractivity contribution in [3.05, 3.63) is 39.8 Å². The van der Waals surface area contributed by atoms with E-state index in [1.807, 2.05) is 12.1 Å². The first kappa shape index (κ1) is 13.3. The Balaban J connectivity index is 1.87. The number of thiophene rings is 1. The van der Waals surface area contributed by atoms with Gasteiger partial charge >= 0.3 is 0 Å². The summed E-state index contributed by atoms with van der Waals surface area (Å²) in [4.78, 5) is 13.6. The van der Waals surface area contributed by atoms with Crippen LogP contribution in [0.3, 0.4) is 0 Å². The average molecular weight is 275 g/mol. The van der Waals surface area contributed by atoms with Gasteiger partial charge in [-0.25, -0.2) is 0 Å². The Bertz CT molecular complexity index is 593. The molecule has 0 aliphatic carbocycles. The molecule has 2 heterocycles. The minimum atomic E-state index is -0.157. The number of aromatic nitrogens is 2. The molecule has 3 N–H and O–H groups in total. The first-order valence-corrected chi connectivity index (χ1v) is 6.56. The lowest BCUT2D eigenvalue weighted by molar-refractivity contribution is 0.0951. The summed E-state index contributed by atoms with van der Waals surface area (Å²) in [6.07, 6.45) is 3.51. The van der Waals surface area contributed by atoms with Gasteiger partial charge in [-0.05, 0) is 12.1 Å². The van der Waals surface area contributed by atoms with Gasteiger partial charge in [-0.1, -0.05) is 11.8 Å². The van der Waals surface area contributed by atoms with E-state index < -0.39 is 0 Å². The quantitative estimate of drug-likeness (QED) is 0.732. The van der Waals surface area contributed by atoms with Gasteiger partial charge in [-0.2, -0.15) is 5.10 Å². The Morgan fingerprint density at radius 2 is 2.42 bits per heavy atom. The lowest BCUT2D eigenvalue weighted by Gasteiger charge is -2.00. The van der Waals surface area contributed by atoms with Crippen molar-refractivity contribution >= 4 is 17.2 Å². The third-order valence-corrected chi connectivity index (χ3v) is 3.29. The number of rotatable bonds is 4. The van der Waals surface area contributed by atoms with E-state index in [0.29, 0.717) is 18.5 Å². The van der Waals surface area contributed by atoms with Gasteiger partial charge in [-0.15, -0.1) is 11.3 Å². The van der Waals surface area contributed by atoms with Crippen molar-refractivity contribution in [3.8, 4) is 11.8 Å². The van der Waals surface area contributed by atoms with Gasteiger partial charge in [0.2, 0.25) is 0 Å². The molecule has 0 fully saturated rings. The van der Waals surface area contributed by atoms with Crippen molar-refractivity contribution in [2.45, 2.75) is 13.0 Å². The monoisotopic (exact) mass is 275 g/mol. The number of aromatic amines is 1. The summed E-state index contributed by atoms with van der Waals surface area (Å²) < 4.78 is 0. The van der Waals surface area contributed by atoms with Crippen LogP contribution in [0.1, 0.15) is 26.5 Å². The maximum Gasteiger partial charge on any atom is 0.254 e. The number of H-pyrrole nitrogens is 1. The first-order chi connectivity index (χ1) is 9.29. The number of hydrogen-bond donors (Lipinski definition) is 3. The van der Waals surface area contributed by atoms with Crippen LogP contribution in [0, 0.1) is 11.8 Å². The van der Waals surface area contributed by atoms with Crippen LogP contribution in [-0.4, -0.2) is 27.8 Å². The molecule has 98 valence electrons. The zero-order chi connectivity index (χ0) is 13.5. The molecule has 6 heteroatoms. The van der Waals surface area contributed by atoms with Crippen molar-refractivity contribution in [1.29, 1.82) is 0 Å². The van der Waals surface area contributed by atoms with Crippen LogP contribution in [0.15, 0.2) is 24.5 Å². The van der Waals surface area contributed by atoms with E-state index in [1.54, 1.807) is 6.20 Å². The zero-order valence-corrected chi connectivity index (χ0v) is 11.0. The Morgan fingerprint density at radius 3 is 3.16 bits per heavy atom.